The molecule has 2 aromatic rings. The highest BCUT2D eigenvalue weighted by molar-refractivity contribution is 9.09. The van der Waals surface area contributed by atoms with Crippen LogP contribution in [-0.4, -0.2) is 41.9 Å². The maximum absolute atomic E-state index is 14.1. The lowest BCUT2D eigenvalue weighted by molar-refractivity contribution is -0.146. The number of rotatable bonds is 10. The monoisotopic (exact) mass is 473 g/mol. The molecule has 0 aliphatic heterocycles. The second-order valence-corrected chi connectivity index (χ2v) is 7.32. The number of alkyl halides is 2. The van der Waals surface area contributed by atoms with Crippen LogP contribution in [0.1, 0.15) is 11.1 Å². The maximum atomic E-state index is 14.1. The molecular formula is C23H21BrFNO4. The zero-order valence-electron chi connectivity index (χ0n) is 16.0. The average Bonchev–Trinajstić information content (AvgIpc) is 2.79. The SMILES string of the molecule is N=C[C@@H](F)[C@H](OC(=O)/C=C/c1ccccc1)[C@@H](Br)COC(=O)/C=C/c1ccccc1. The van der Waals surface area contributed by atoms with E-state index in [1.54, 1.807) is 18.2 Å². The summed E-state index contributed by atoms with van der Waals surface area (Å²) in [4.78, 5) is 23.1. The Morgan fingerprint density at radius 1 is 0.933 bits per heavy atom. The zero-order chi connectivity index (χ0) is 21.8. The van der Waals surface area contributed by atoms with E-state index in [4.69, 9.17) is 14.9 Å². The fraction of sp³-hybridized carbons (Fsp3) is 0.174. The predicted molar refractivity (Wildman–Crippen MR) is 118 cm³/mol. The van der Waals surface area contributed by atoms with Gasteiger partial charge in [-0.05, 0) is 23.3 Å². The van der Waals surface area contributed by atoms with Crippen molar-refractivity contribution in [3.63, 3.8) is 0 Å². The molecule has 30 heavy (non-hydrogen) atoms. The van der Waals surface area contributed by atoms with Crippen molar-refractivity contribution in [2.75, 3.05) is 6.61 Å². The van der Waals surface area contributed by atoms with Gasteiger partial charge in [0, 0.05) is 18.4 Å². The van der Waals surface area contributed by atoms with Crippen LogP contribution in [0.25, 0.3) is 12.2 Å². The Labute approximate surface area is 182 Å². The average molecular weight is 474 g/mol. The Bertz CT molecular complexity index is 887. The lowest BCUT2D eigenvalue weighted by Crippen LogP contribution is -2.39. The van der Waals surface area contributed by atoms with Crippen molar-refractivity contribution in [3.8, 4) is 0 Å². The highest BCUT2D eigenvalue weighted by atomic mass is 79.9. The summed E-state index contributed by atoms with van der Waals surface area (Å²) in [6.45, 7) is -0.243. The number of halogens is 2. The molecule has 5 nitrogen and oxygen atoms in total. The summed E-state index contributed by atoms with van der Waals surface area (Å²) in [6.07, 6.45) is 2.89. The standard InChI is InChI=1S/C23H21BrFNO4/c24-19(16-29-21(27)13-11-17-7-3-1-4-8-17)23(20(25)15-26)30-22(28)14-12-18-9-5-2-6-10-18/h1-15,19-20,23,26H,16H2/b13-11+,14-12+,26-15?/t19-,20+,23+/m0/s1. The molecule has 0 saturated carbocycles. The van der Waals surface area contributed by atoms with E-state index in [0.717, 1.165) is 11.1 Å². The third-order valence-corrected chi connectivity index (χ3v) is 4.67. The number of carbonyl (C=O) groups is 2. The molecule has 0 bridgehead atoms. The number of hydrogen-bond acceptors (Lipinski definition) is 5. The van der Waals surface area contributed by atoms with Gasteiger partial charge in [-0.15, -0.1) is 0 Å². The van der Waals surface area contributed by atoms with Crippen molar-refractivity contribution in [1.29, 1.82) is 5.41 Å². The number of nitrogens with one attached hydrogen (secondary N) is 1. The van der Waals surface area contributed by atoms with Gasteiger partial charge in [-0.3, -0.25) is 0 Å². The molecule has 0 amide bonds. The molecule has 0 saturated heterocycles. The molecule has 3 atom stereocenters. The van der Waals surface area contributed by atoms with Gasteiger partial charge >= 0.3 is 11.9 Å². The van der Waals surface area contributed by atoms with E-state index < -0.39 is 29.0 Å². The molecule has 1 N–H and O–H groups in total. The Morgan fingerprint density at radius 2 is 1.43 bits per heavy atom. The summed E-state index contributed by atoms with van der Waals surface area (Å²) in [5.41, 5.74) is 1.61. The highest BCUT2D eigenvalue weighted by Crippen LogP contribution is 2.17. The minimum absolute atomic E-state index is 0.243. The Balaban J connectivity index is 1.91. The highest BCUT2D eigenvalue weighted by Gasteiger charge is 2.31. The molecule has 0 fully saturated rings. The zero-order valence-corrected chi connectivity index (χ0v) is 17.6. The normalized spacial score (nSPS) is 14.2. The van der Waals surface area contributed by atoms with Crippen LogP contribution in [0.3, 0.4) is 0 Å². The van der Waals surface area contributed by atoms with Gasteiger partial charge in [-0.1, -0.05) is 76.6 Å². The van der Waals surface area contributed by atoms with Gasteiger partial charge in [0.1, 0.15) is 6.61 Å². The van der Waals surface area contributed by atoms with Crippen LogP contribution in [0.2, 0.25) is 0 Å². The first-order valence-electron chi connectivity index (χ1n) is 9.12. The van der Waals surface area contributed by atoms with E-state index >= 15 is 0 Å². The molecule has 2 aromatic carbocycles. The third kappa shape index (κ3) is 8.13. The first-order chi connectivity index (χ1) is 14.5. The Hall–Kier alpha value is -3.06. The van der Waals surface area contributed by atoms with Crippen LogP contribution >= 0.6 is 15.9 Å². The fourth-order valence-electron chi connectivity index (χ4n) is 2.37. The molecule has 0 radical (unpaired) electrons. The molecule has 0 aromatic heterocycles. The molecule has 0 aliphatic carbocycles. The van der Waals surface area contributed by atoms with Crippen LogP contribution in [0.15, 0.2) is 72.8 Å². The van der Waals surface area contributed by atoms with Crippen LogP contribution < -0.4 is 0 Å². The lowest BCUT2D eigenvalue weighted by Gasteiger charge is -2.23. The largest absolute Gasteiger partial charge is 0.461 e. The summed E-state index contributed by atoms with van der Waals surface area (Å²) < 4.78 is 24.4. The number of ether oxygens (including phenoxy) is 2. The van der Waals surface area contributed by atoms with Crippen molar-refractivity contribution >= 4 is 46.2 Å². The first-order valence-corrected chi connectivity index (χ1v) is 10.0. The minimum atomic E-state index is -1.86. The summed E-state index contributed by atoms with van der Waals surface area (Å²) in [5, 5.41) is 7.14. The molecule has 156 valence electrons. The van der Waals surface area contributed by atoms with Gasteiger partial charge in [0.2, 0.25) is 0 Å². The van der Waals surface area contributed by atoms with Crippen molar-refractivity contribution in [2.24, 2.45) is 0 Å². The third-order valence-electron chi connectivity index (χ3n) is 3.89. The topological polar surface area (TPSA) is 76.4 Å². The van der Waals surface area contributed by atoms with Crippen LogP contribution in [0.4, 0.5) is 4.39 Å². The Morgan fingerprint density at radius 3 is 1.93 bits per heavy atom. The van der Waals surface area contributed by atoms with Gasteiger partial charge in [-0.2, -0.15) is 0 Å². The number of esters is 2. The van der Waals surface area contributed by atoms with Crippen LogP contribution in [-0.2, 0) is 19.1 Å². The van der Waals surface area contributed by atoms with Crippen molar-refractivity contribution in [3.05, 3.63) is 83.9 Å². The molecule has 2 rings (SSSR count). The summed E-state index contributed by atoms with van der Waals surface area (Å²) in [5.74, 6) is -1.39. The molecule has 7 heteroatoms. The summed E-state index contributed by atoms with van der Waals surface area (Å²) in [6, 6.07) is 18.3. The van der Waals surface area contributed by atoms with Gasteiger partial charge in [0.05, 0.1) is 4.83 Å². The van der Waals surface area contributed by atoms with Gasteiger partial charge < -0.3 is 14.9 Å². The molecular weight excluding hydrogens is 453 g/mol. The predicted octanol–water partition coefficient (Wildman–Crippen LogP) is 4.62. The summed E-state index contributed by atoms with van der Waals surface area (Å²) in [7, 11) is 0. The van der Waals surface area contributed by atoms with E-state index in [9.17, 15) is 14.0 Å². The van der Waals surface area contributed by atoms with Gasteiger partial charge in [0.25, 0.3) is 0 Å². The number of hydrogen-bond donors (Lipinski definition) is 1. The summed E-state index contributed by atoms with van der Waals surface area (Å²) >= 11 is 3.19. The molecule has 0 spiro atoms. The van der Waals surface area contributed by atoms with E-state index in [1.165, 1.54) is 18.2 Å². The van der Waals surface area contributed by atoms with Crippen LogP contribution in [0, 0.1) is 5.41 Å². The Kier molecular flexibility index (Phi) is 9.67. The quantitative estimate of drug-likeness (QED) is 0.236. The maximum Gasteiger partial charge on any atom is 0.331 e. The van der Waals surface area contributed by atoms with E-state index in [-0.39, 0.29) is 6.61 Å². The van der Waals surface area contributed by atoms with Gasteiger partial charge in [0.15, 0.2) is 12.3 Å². The molecule has 0 heterocycles. The van der Waals surface area contributed by atoms with Gasteiger partial charge in [-0.25, -0.2) is 14.0 Å². The molecule has 0 unspecified atom stereocenters. The second kappa shape index (κ2) is 12.5. The fourth-order valence-corrected chi connectivity index (χ4v) is 2.90. The lowest BCUT2D eigenvalue weighted by atomic mass is 10.1. The van der Waals surface area contributed by atoms with E-state index in [1.807, 2.05) is 48.5 Å². The first kappa shape index (κ1) is 23.2. The number of benzene rings is 2. The van der Waals surface area contributed by atoms with Crippen molar-refractivity contribution in [1.82, 2.24) is 0 Å². The minimum Gasteiger partial charge on any atom is -0.461 e. The second-order valence-electron chi connectivity index (χ2n) is 6.15. The van der Waals surface area contributed by atoms with Crippen LogP contribution in [0.5, 0.6) is 0 Å². The van der Waals surface area contributed by atoms with E-state index in [2.05, 4.69) is 15.9 Å². The van der Waals surface area contributed by atoms with E-state index in [0.29, 0.717) is 6.21 Å². The number of carbonyl (C=O) groups excluding carboxylic acids is 2. The van der Waals surface area contributed by atoms with Crippen molar-refractivity contribution < 1.29 is 23.5 Å². The van der Waals surface area contributed by atoms with Crippen molar-refractivity contribution in [2.45, 2.75) is 17.1 Å². The molecule has 0 aliphatic rings. The smallest absolute Gasteiger partial charge is 0.331 e.